The van der Waals surface area contributed by atoms with E-state index in [2.05, 4.69) is 234 Å². The first-order valence-electron chi connectivity index (χ1n) is 20.4. The summed E-state index contributed by atoms with van der Waals surface area (Å²) >= 11 is 0. The standard InChI is InChI=1S/C55H37BN2O/c1-5-19-38(20-6-1)39-33-35-43(36-34-39)57-49-31-17-18-32-51(49)59-54-50(57)37-45-52-53(54)58(42-25-11-4-12-26-42)48-30-16-15-29-47(48)56(52)46-28-14-13-27-44(46)55(45,40-21-7-2-8-22-40)41-23-9-3-10-24-41/h1-37H. The van der Waals surface area contributed by atoms with Gasteiger partial charge in [-0.25, -0.2) is 0 Å². The number of ether oxygens (including phenoxy) is 1. The van der Waals surface area contributed by atoms with Crippen LogP contribution in [0.5, 0.6) is 11.5 Å². The van der Waals surface area contributed by atoms with Gasteiger partial charge in [0, 0.05) is 17.1 Å². The third-order valence-corrected chi connectivity index (χ3v) is 12.6. The number of anilines is 6. The highest BCUT2D eigenvalue weighted by atomic mass is 16.5. The van der Waals surface area contributed by atoms with Crippen molar-refractivity contribution < 1.29 is 4.74 Å². The van der Waals surface area contributed by atoms with Gasteiger partial charge in [0.05, 0.1) is 22.5 Å². The van der Waals surface area contributed by atoms with Crippen LogP contribution in [0.15, 0.2) is 224 Å². The Kier molecular flexibility index (Phi) is 7.54. The number of para-hydroxylation sites is 4. The van der Waals surface area contributed by atoms with Crippen molar-refractivity contribution in [1.82, 2.24) is 0 Å². The summed E-state index contributed by atoms with van der Waals surface area (Å²) in [5.41, 5.74) is 16.9. The summed E-state index contributed by atoms with van der Waals surface area (Å²) in [5.74, 6) is 1.66. The molecule has 0 atom stereocenters. The van der Waals surface area contributed by atoms with E-state index in [-0.39, 0.29) is 6.71 Å². The number of fused-ring (bicyclic) bond motifs is 7. The number of rotatable bonds is 5. The van der Waals surface area contributed by atoms with Crippen LogP contribution in [-0.2, 0) is 5.41 Å². The van der Waals surface area contributed by atoms with Crippen molar-refractivity contribution in [1.29, 1.82) is 0 Å². The number of hydrogen-bond acceptors (Lipinski definition) is 3. The van der Waals surface area contributed by atoms with Crippen molar-refractivity contribution in [2.24, 2.45) is 0 Å². The highest BCUT2D eigenvalue weighted by Gasteiger charge is 2.53. The molecular weight excluding hydrogens is 715 g/mol. The van der Waals surface area contributed by atoms with E-state index in [1.54, 1.807) is 0 Å². The largest absolute Gasteiger partial charge is 0.451 e. The fourth-order valence-electron chi connectivity index (χ4n) is 10.2. The zero-order chi connectivity index (χ0) is 38.9. The Balaban J connectivity index is 1.25. The van der Waals surface area contributed by atoms with E-state index in [4.69, 9.17) is 4.74 Å². The molecule has 0 saturated heterocycles. The summed E-state index contributed by atoms with van der Waals surface area (Å²) < 4.78 is 7.34. The van der Waals surface area contributed by atoms with Gasteiger partial charge in [-0.1, -0.05) is 181 Å². The molecule has 59 heavy (non-hydrogen) atoms. The lowest BCUT2D eigenvalue weighted by atomic mass is 9.29. The minimum atomic E-state index is -0.664. The van der Waals surface area contributed by atoms with Gasteiger partial charge in [0.25, 0.3) is 0 Å². The van der Waals surface area contributed by atoms with Crippen molar-refractivity contribution >= 4 is 57.2 Å². The molecule has 0 saturated carbocycles. The van der Waals surface area contributed by atoms with E-state index in [1.165, 1.54) is 49.8 Å². The van der Waals surface area contributed by atoms with Gasteiger partial charge >= 0.3 is 0 Å². The van der Waals surface area contributed by atoms with Gasteiger partial charge in [-0.3, -0.25) is 0 Å². The molecule has 0 spiro atoms. The van der Waals surface area contributed by atoms with E-state index < -0.39 is 5.41 Å². The molecule has 4 heteroatoms. The first-order chi connectivity index (χ1) is 29.3. The smallest absolute Gasteiger partial charge is 0.247 e. The Morgan fingerprint density at radius 2 is 0.915 bits per heavy atom. The minimum Gasteiger partial charge on any atom is -0.451 e. The zero-order valence-electron chi connectivity index (χ0n) is 32.2. The lowest BCUT2D eigenvalue weighted by Crippen LogP contribution is -2.65. The van der Waals surface area contributed by atoms with Crippen molar-refractivity contribution in [3.05, 3.63) is 247 Å². The predicted octanol–water partition coefficient (Wildman–Crippen LogP) is 11.9. The van der Waals surface area contributed by atoms with E-state index in [0.29, 0.717) is 0 Å². The summed E-state index contributed by atoms with van der Waals surface area (Å²) in [6.45, 7) is -0.0439. The van der Waals surface area contributed by atoms with Crippen LogP contribution < -0.4 is 30.9 Å². The molecule has 0 unspecified atom stereocenters. The van der Waals surface area contributed by atoms with Gasteiger partial charge in [-0.2, -0.15) is 0 Å². The minimum absolute atomic E-state index is 0.0439. The fourth-order valence-corrected chi connectivity index (χ4v) is 10.2. The van der Waals surface area contributed by atoms with Crippen molar-refractivity contribution in [2.75, 3.05) is 9.80 Å². The van der Waals surface area contributed by atoms with Gasteiger partial charge in [0.15, 0.2) is 11.5 Å². The summed E-state index contributed by atoms with van der Waals surface area (Å²) in [6.07, 6.45) is 0. The average Bonchev–Trinajstić information content (AvgIpc) is 3.32. The van der Waals surface area contributed by atoms with Crippen LogP contribution in [0.2, 0.25) is 0 Å². The molecule has 0 radical (unpaired) electrons. The van der Waals surface area contributed by atoms with Gasteiger partial charge < -0.3 is 14.5 Å². The summed E-state index contributed by atoms with van der Waals surface area (Å²) in [7, 11) is 0. The van der Waals surface area contributed by atoms with Crippen LogP contribution in [0.4, 0.5) is 34.1 Å². The van der Waals surface area contributed by atoms with E-state index in [0.717, 1.165) is 45.6 Å². The highest BCUT2D eigenvalue weighted by molar-refractivity contribution is 6.99. The van der Waals surface area contributed by atoms with E-state index >= 15 is 0 Å². The van der Waals surface area contributed by atoms with Crippen LogP contribution in [0.1, 0.15) is 22.3 Å². The Hall–Kier alpha value is -7.56. The number of benzene rings is 9. The molecule has 3 aliphatic rings. The number of hydrogen-bond donors (Lipinski definition) is 0. The number of nitrogens with zero attached hydrogens (tertiary/aromatic N) is 2. The van der Waals surface area contributed by atoms with Crippen LogP contribution >= 0.6 is 0 Å². The van der Waals surface area contributed by atoms with E-state index in [1.807, 2.05) is 0 Å². The molecule has 3 heterocycles. The Labute approximate surface area is 345 Å². The van der Waals surface area contributed by atoms with Crippen LogP contribution in [0.25, 0.3) is 11.1 Å². The second-order valence-electron chi connectivity index (χ2n) is 15.6. The first kappa shape index (κ1) is 33.6. The maximum absolute atomic E-state index is 7.34. The van der Waals surface area contributed by atoms with Crippen LogP contribution in [0.3, 0.4) is 0 Å². The topological polar surface area (TPSA) is 15.7 Å². The van der Waals surface area contributed by atoms with Gasteiger partial charge in [0.2, 0.25) is 6.71 Å². The van der Waals surface area contributed by atoms with Crippen molar-refractivity contribution in [3.8, 4) is 22.6 Å². The predicted molar refractivity (Wildman–Crippen MR) is 244 cm³/mol. The van der Waals surface area contributed by atoms with E-state index in [9.17, 15) is 0 Å². The monoisotopic (exact) mass is 752 g/mol. The summed E-state index contributed by atoms with van der Waals surface area (Å²) in [5, 5.41) is 0. The molecule has 276 valence electrons. The maximum atomic E-state index is 7.34. The third-order valence-electron chi connectivity index (χ3n) is 12.6. The van der Waals surface area contributed by atoms with Crippen molar-refractivity contribution in [2.45, 2.75) is 5.41 Å². The van der Waals surface area contributed by atoms with Gasteiger partial charge in [-0.15, -0.1) is 0 Å². The summed E-state index contributed by atoms with van der Waals surface area (Å²) in [4.78, 5) is 4.88. The Morgan fingerprint density at radius 1 is 0.390 bits per heavy atom. The highest BCUT2D eigenvalue weighted by Crippen LogP contribution is 2.59. The molecule has 0 amide bonds. The fraction of sp³-hybridized carbons (Fsp3) is 0.0182. The molecule has 0 bridgehead atoms. The molecule has 0 fully saturated rings. The average molecular weight is 753 g/mol. The van der Waals surface area contributed by atoms with Crippen molar-refractivity contribution in [3.63, 3.8) is 0 Å². The molecule has 0 aromatic heterocycles. The lowest BCUT2D eigenvalue weighted by Gasteiger charge is -2.50. The Morgan fingerprint density at radius 3 is 1.61 bits per heavy atom. The summed E-state index contributed by atoms with van der Waals surface area (Å²) in [6, 6.07) is 81.7. The Bertz CT molecular complexity index is 2990. The molecule has 12 rings (SSSR count). The second kappa shape index (κ2) is 13.3. The maximum Gasteiger partial charge on any atom is 0.247 e. The molecule has 0 N–H and O–H groups in total. The van der Waals surface area contributed by atoms with Crippen LogP contribution in [-0.4, -0.2) is 6.71 Å². The van der Waals surface area contributed by atoms with Crippen LogP contribution in [0, 0.1) is 0 Å². The normalized spacial score (nSPS) is 13.9. The third kappa shape index (κ3) is 4.90. The SMILES string of the molecule is c1ccc(-c2ccc(N3c4ccccc4Oc4c3cc3c5c4N(c4ccccc4)c4ccccc4B5c4ccccc4C3(c3ccccc3)c3ccccc3)cc2)cc1. The molecule has 9 aromatic rings. The molecule has 0 aliphatic carbocycles. The zero-order valence-corrected chi connectivity index (χ0v) is 32.2. The second-order valence-corrected chi connectivity index (χ2v) is 15.6. The first-order valence-corrected chi connectivity index (χ1v) is 20.4. The van der Waals surface area contributed by atoms with Gasteiger partial charge in [-0.05, 0) is 92.8 Å². The molecular formula is C55H37BN2O. The lowest BCUT2D eigenvalue weighted by molar-refractivity contribution is 0.478. The molecule has 3 nitrogen and oxygen atoms in total. The van der Waals surface area contributed by atoms with Gasteiger partial charge in [0.1, 0.15) is 0 Å². The molecule has 9 aromatic carbocycles. The quantitative estimate of drug-likeness (QED) is 0.163. The molecule has 3 aliphatic heterocycles.